The van der Waals surface area contributed by atoms with E-state index < -0.39 is 0 Å². The molecule has 1 aromatic heterocycles. The number of amides is 2. The van der Waals surface area contributed by atoms with Crippen LogP contribution in [-0.2, 0) is 6.54 Å². The second kappa shape index (κ2) is 8.84. The predicted octanol–water partition coefficient (Wildman–Crippen LogP) is 1.36. The van der Waals surface area contributed by atoms with E-state index >= 15 is 0 Å². The number of hydrogen-bond acceptors (Lipinski definition) is 4. The molecular formula is C17H28N4O2. The molecule has 0 bridgehead atoms. The Hall–Kier alpha value is -1.66. The number of likely N-dealkylation sites (tertiary alicyclic amines) is 1. The topological polar surface area (TPSA) is 77.5 Å². The highest BCUT2D eigenvalue weighted by Crippen LogP contribution is 2.18. The van der Waals surface area contributed by atoms with Crippen molar-refractivity contribution in [3.05, 3.63) is 30.1 Å². The zero-order valence-electron chi connectivity index (χ0n) is 14.0. The SMILES string of the molecule is CC1CN(Cc2ccccn2)CCC1NC(=O)N[C@H](C)CCO. The van der Waals surface area contributed by atoms with Gasteiger partial charge in [0, 0.05) is 44.5 Å². The third kappa shape index (κ3) is 5.80. The number of nitrogens with one attached hydrogen (secondary N) is 2. The van der Waals surface area contributed by atoms with Crippen molar-refractivity contribution in [1.29, 1.82) is 0 Å². The zero-order valence-corrected chi connectivity index (χ0v) is 14.0. The molecule has 2 amide bonds. The molecular weight excluding hydrogens is 292 g/mol. The molecule has 6 nitrogen and oxygen atoms in total. The monoisotopic (exact) mass is 320 g/mol. The van der Waals surface area contributed by atoms with Gasteiger partial charge in [-0.25, -0.2) is 4.79 Å². The number of piperidine rings is 1. The van der Waals surface area contributed by atoms with Gasteiger partial charge in [-0.15, -0.1) is 0 Å². The van der Waals surface area contributed by atoms with E-state index in [1.54, 1.807) is 0 Å². The highest BCUT2D eigenvalue weighted by molar-refractivity contribution is 5.74. The van der Waals surface area contributed by atoms with E-state index in [4.69, 9.17) is 5.11 Å². The molecule has 0 saturated carbocycles. The lowest BCUT2D eigenvalue weighted by Gasteiger charge is -2.37. The smallest absolute Gasteiger partial charge is 0.315 e. The second-order valence-corrected chi connectivity index (χ2v) is 6.46. The summed E-state index contributed by atoms with van der Waals surface area (Å²) in [5, 5.41) is 14.8. The Kier molecular flexibility index (Phi) is 6.80. The van der Waals surface area contributed by atoms with Crippen molar-refractivity contribution in [3.8, 4) is 0 Å². The summed E-state index contributed by atoms with van der Waals surface area (Å²) in [6.07, 6.45) is 3.34. The maximum atomic E-state index is 12.0. The van der Waals surface area contributed by atoms with E-state index in [1.807, 2.05) is 31.3 Å². The van der Waals surface area contributed by atoms with Crippen molar-refractivity contribution in [3.63, 3.8) is 0 Å². The summed E-state index contributed by atoms with van der Waals surface area (Å²) >= 11 is 0. The van der Waals surface area contributed by atoms with Gasteiger partial charge in [0.1, 0.15) is 0 Å². The minimum Gasteiger partial charge on any atom is -0.396 e. The van der Waals surface area contributed by atoms with E-state index in [-0.39, 0.29) is 24.7 Å². The Morgan fingerprint density at radius 3 is 3.00 bits per heavy atom. The molecule has 1 fully saturated rings. The standard InChI is InChI=1S/C17H28N4O2/c1-13-11-21(12-15-5-3-4-8-18-15)9-6-16(13)20-17(23)19-14(2)7-10-22/h3-5,8,13-14,16,22H,6-7,9-12H2,1-2H3,(H2,19,20,23)/t13?,14-,16?/m1/s1. The van der Waals surface area contributed by atoms with Crippen molar-refractivity contribution in [2.45, 2.75) is 45.3 Å². The summed E-state index contributed by atoms with van der Waals surface area (Å²) in [7, 11) is 0. The number of pyridine rings is 1. The largest absolute Gasteiger partial charge is 0.396 e. The summed E-state index contributed by atoms with van der Waals surface area (Å²) in [6, 6.07) is 6.03. The van der Waals surface area contributed by atoms with Crippen molar-refractivity contribution >= 4 is 6.03 Å². The van der Waals surface area contributed by atoms with Crippen LogP contribution in [0.3, 0.4) is 0 Å². The van der Waals surface area contributed by atoms with Gasteiger partial charge < -0.3 is 15.7 Å². The lowest BCUT2D eigenvalue weighted by Crippen LogP contribution is -2.53. The molecule has 1 aliphatic rings. The lowest BCUT2D eigenvalue weighted by atomic mass is 9.94. The van der Waals surface area contributed by atoms with Gasteiger partial charge in [0.25, 0.3) is 0 Å². The number of urea groups is 1. The zero-order chi connectivity index (χ0) is 16.7. The van der Waals surface area contributed by atoms with Crippen molar-refractivity contribution < 1.29 is 9.90 Å². The summed E-state index contributed by atoms with van der Waals surface area (Å²) in [6.45, 7) is 6.93. The number of hydrogen-bond donors (Lipinski definition) is 3. The molecule has 1 aromatic rings. The fraction of sp³-hybridized carbons (Fsp3) is 0.647. The molecule has 3 atom stereocenters. The van der Waals surface area contributed by atoms with Crippen molar-refractivity contribution in [2.24, 2.45) is 5.92 Å². The van der Waals surface area contributed by atoms with Crippen molar-refractivity contribution in [1.82, 2.24) is 20.5 Å². The number of aromatic nitrogens is 1. The lowest BCUT2D eigenvalue weighted by molar-refractivity contribution is 0.140. The Balaban J connectivity index is 1.76. The minimum atomic E-state index is -0.138. The highest BCUT2D eigenvalue weighted by atomic mass is 16.3. The third-order valence-corrected chi connectivity index (χ3v) is 4.36. The molecule has 23 heavy (non-hydrogen) atoms. The molecule has 3 N–H and O–H groups in total. The first-order valence-corrected chi connectivity index (χ1v) is 8.38. The molecule has 0 radical (unpaired) electrons. The highest BCUT2D eigenvalue weighted by Gasteiger charge is 2.27. The van der Waals surface area contributed by atoms with Gasteiger partial charge in [-0.05, 0) is 37.8 Å². The Morgan fingerprint density at radius 2 is 2.35 bits per heavy atom. The van der Waals surface area contributed by atoms with Gasteiger partial charge in [-0.3, -0.25) is 9.88 Å². The number of aliphatic hydroxyl groups is 1. The number of rotatable bonds is 6. The maximum Gasteiger partial charge on any atom is 0.315 e. The van der Waals surface area contributed by atoms with Gasteiger partial charge in [0.15, 0.2) is 0 Å². The molecule has 1 saturated heterocycles. The number of nitrogens with zero attached hydrogens (tertiary/aromatic N) is 2. The average molecular weight is 320 g/mol. The van der Waals surface area contributed by atoms with Gasteiger partial charge in [-0.2, -0.15) is 0 Å². The molecule has 128 valence electrons. The molecule has 1 aliphatic heterocycles. The Morgan fingerprint density at radius 1 is 1.52 bits per heavy atom. The van der Waals surface area contributed by atoms with Gasteiger partial charge >= 0.3 is 6.03 Å². The van der Waals surface area contributed by atoms with Gasteiger partial charge in [-0.1, -0.05) is 13.0 Å². The quantitative estimate of drug-likeness (QED) is 0.740. The first-order valence-electron chi connectivity index (χ1n) is 8.38. The second-order valence-electron chi connectivity index (χ2n) is 6.46. The molecule has 0 aromatic carbocycles. The van der Waals surface area contributed by atoms with Crippen LogP contribution in [0.2, 0.25) is 0 Å². The van der Waals surface area contributed by atoms with Crippen LogP contribution < -0.4 is 10.6 Å². The van der Waals surface area contributed by atoms with Crippen LogP contribution >= 0.6 is 0 Å². The number of carbonyl (C=O) groups is 1. The fourth-order valence-corrected chi connectivity index (χ4v) is 3.01. The van der Waals surface area contributed by atoms with Gasteiger partial charge in [0.2, 0.25) is 0 Å². The van der Waals surface area contributed by atoms with E-state index in [2.05, 4.69) is 27.4 Å². The van der Waals surface area contributed by atoms with Crippen LogP contribution in [0.25, 0.3) is 0 Å². The van der Waals surface area contributed by atoms with E-state index in [0.29, 0.717) is 12.3 Å². The predicted molar refractivity (Wildman–Crippen MR) is 89.9 cm³/mol. The van der Waals surface area contributed by atoms with Crippen LogP contribution in [-0.4, -0.2) is 52.8 Å². The fourth-order valence-electron chi connectivity index (χ4n) is 3.01. The van der Waals surface area contributed by atoms with Crippen LogP contribution in [0.4, 0.5) is 4.79 Å². The minimum absolute atomic E-state index is 0.0143. The van der Waals surface area contributed by atoms with Crippen LogP contribution in [0.1, 0.15) is 32.4 Å². The van der Waals surface area contributed by atoms with E-state index in [1.165, 1.54) is 0 Å². The maximum absolute atomic E-state index is 12.0. The molecule has 2 unspecified atom stereocenters. The molecule has 2 rings (SSSR count). The third-order valence-electron chi connectivity index (χ3n) is 4.36. The molecule has 2 heterocycles. The molecule has 0 aliphatic carbocycles. The number of carbonyl (C=O) groups excluding carboxylic acids is 1. The summed E-state index contributed by atoms with van der Waals surface area (Å²) in [4.78, 5) is 18.7. The van der Waals surface area contributed by atoms with Crippen molar-refractivity contribution in [2.75, 3.05) is 19.7 Å². The van der Waals surface area contributed by atoms with E-state index in [9.17, 15) is 4.79 Å². The van der Waals surface area contributed by atoms with Crippen LogP contribution in [0.5, 0.6) is 0 Å². The average Bonchev–Trinajstić information content (AvgIpc) is 2.51. The first kappa shape index (κ1) is 17.7. The Bertz CT molecular complexity index is 483. The Labute approximate surface area is 138 Å². The summed E-state index contributed by atoms with van der Waals surface area (Å²) in [5.41, 5.74) is 1.08. The normalized spacial score (nSPS) is 23.3. The van der Waals surface area contributed by atoms with E-state index in [0.717, 1.165) is 31.7 Å². The van der Waals surface area contributed by atoms with Gasteiger partial charge in [0.05, 0.1) is 5.69 Å². The summed E-state index contributed by atoms with van der Waals surface area (Å²) < 4.78 is 0. The molecule has 0 spiro atoms. The summed E-state index contributed by atoms with van der Waals surface area (Å²) in [5.74, 6) is 0.395. The first-order chi connectivity index (χ1) is 11.1. The number of aliphatic hydroxyl groups excluding tert-OH is 1. The van der Waals surface area contributed by atoms with Crippen LogP contribution in [0.15, 0.2) is 24.4 Å². The molecule has 6 heteroatoms. The van der Waals surface area contributed by atoms with Crippen LogP contribution in [0, 0.1) is 5.92 Å².